The molecule has 5 heteroatoms. The van der Waals surface area contributed by atoms with Gasteiger partial charge in [-0.1, -0.05) is 24.8 Å². The summed E-state index contributed by atoms with van der Waals surface area (Å²) >= 11 is 0. The van der Waals surface area contributed by atoms with E-state index in [9.17, 15) is 9.59 Å². The molecule has 1 amide bonds. The van der Waals surface area contributed by atoms with E-state index in [0.717, 1.165) is 5.56 Å². The van der Waals surface area contributed by atoms with E-state index in [1.807, 2.05) is 18.2 Å². The number of benzene rings is 1. The molecule has 0 saturated heterocycles. The van der Waals surface area contributed by atoms with Crippen LogP contribution in [0, 0.1) is 0 Å². The van der Waals surface area contributed by atoms with Crippen molar-refractivity contribution in [3.63, 3.8) is 0 Å². The lowest BCUT2D eigenvalue weighted by Gasteiger charge is -2.08. The van der Waals surface area contributed by atoms with E-state index < -0.39 is 5.97 Å². The van der Waals surface area contributed by atoms with Crippen LogP contribution in [0.15, 0.2) is 53.8 Å². The molecule has 1 aliphatic rings. The highest BCUT2D eigenvalue weighted by molar-refractivity contribution is 6.16. The number of amides is 1. The molecule has 0 radical (unpaired) electrons. The number of methoxy groups -OCH3 is 1. The quantitative estimate of drug-likeness (QED) is 0.476. The van der Waals surface area contributed by atoms with Crippen LogP contribution in [-0.4, -0.2) is 37.5 Å². The van der Waals surface area contributed by atoms with Crippen molar-refractivity contribution in [2.24, 2.45) is 0 Å². The molecule has 0 unspecified atom stereocenters. The molecule has 0 atom stereocenters. The minimum Gasteiger partial charge on any atom is -0.490 e. The van der Waals surface area contributed by atoms with E-state index in [4.69, 9.17) is 9.47 Å². The molecule has 1 heterocycles. The monoisotopic (exact) mass is 313 g/mol. The van der Waals surface area contributed by atoms with Gasteiger partial charge in [-0.2, -0.15) is 0 Å². The topological polar surface area (TPSA) is 55.8 Å². The molecule has 0 N–H and O–H groups in total. The molecule has 2 rings (SSSR count). The molecule has 120 valence electrons. The maximum absolute atomic E-state index is 12.4. The summed E-state index contributed by atoms with van der Waals surface area (Å²) in [4.78, 5) is 25.8. The molecule has 5 nitrogen and oxygen atoms in total. The Morgan fingerprint density at radius 2 is 2.13 bits per heavy atom. The van der Waals surface area contributed by atoms with Gasteiger partial charge < -0.3 is 14.4 Å². The van der Waals surface area contributed by atoms with Crippen LogP contribution >= 0.6 is 0 Å². The number of nitrogens with zero attached hydrogens (tertiary/aromatic N) is 1. The Bertz CT molecular complexity index is 715. The third-order valence-corrected chi connectivity index (χ3v) is 3.60. The summed E-state index contributed by atoms with van der Waals surface area (Å²) in [6.45, 7) is 5.72. The van der Waals surface area contributed by atoms with E-state index >= 15 is 0 Å². The zero-order valence-electron chi connectivity index (χ0n) is 13.5. The predicted molar refractivity (Wildman–Crippen MR) is 87.6 cm³/mol. The van der Waals surface area contributed by atoms with Crippen LogP contribution < -0.4 is 4.74 Å². The minimum absolute atomic E-state index is 0.236. The fraction of sp³-hybridized carbons (Fsp3) is 0.222. The van der Waals surface area contributed by atoms with Crippen molar-refractivity contribution in [1.29, 1.82) is 0 Å². The lowest BCUT2D eigenvalue weighted by atomic mass is 10.0. The maximum atomic E-state index is 12.4. The highest BCUT2D eigenvalue weighted by Gasteiger charge is 2.34. The summed E-state index contributed by atoms with van der Waals surface area (Å²) in [7, 11) is 2.93. The van der Waals surface area contributed by atoms with Gasteiger partial charge in [0.05, 0.1) is 18.3 Å². The molecule has 0 aromatic heterocycles. The van der Waals surface area contributed by atoms with Gasteiger partial charge >= 0.3 is 5.97 Å². The maximum Gasteiger partial charge on any atom is 0.340 e. The van der Waals surface area contributed by atoms with Crippen molar-refractivity contribution in [2.75, 3.05) is 20.8 Å². The second-order valence-corrected chi connectivity index (χ2v) is 5.05. The molecular weight excluding hydrogens is 294 g/mol. The molecule has 1 aromatic carbocycles. The third-order valence-electron chi connectivity index (χ3n) is 3.60. The number of likely N-dealkylation sites (N-methyl/N-ethyl adjacent to an activating group) is 1. The summed E-state index contributed by atoms with van der Waals surface area (Å²) in [6.07, 6.45) is 3.32. The van der Waals surface area contributed by atoms with Gasteiger partial charge in [0.15, 0.2) is 0 Å². The molecule has 0 saturated carbocycles. The Morgan fingerprint density at radius 1 is 1.39 bits per heavy atom. The van der Waals surface area contributed by atoms with Gasteiger partial charge in [0.2, 0.25) is 0 Å². The second-order valence-electron chi connectivity index (χ2n) is 5.05. The molecular formula is C18H19NO4. The molecule has 0 aliphatic carbocycles. The minimum atomic E-state index is -0.523. The van der Waals surface area contributed by atoms with Crippen molar-refractivity contribution < 1.29 is 19.1 Å². The lowest BCUT2D eigenvalue weighted by molar-refractivity contribution is -0.136. The first-order valence-electron chi connectivity index (χ1n) is 7.12. The summed E-state index contributed by atoms with van der Waals surface area (Å²) < 4.78 is 10.3. The van der Waals surface area contributed by atoms with Gasteiger partial charge in [-0.3, -0.25) is 4.79 Å². The van der Waals surface area contributed by atoms with Gasteiger partial charge in [0.1, 0.15) is 12.4 Å². The van der Waals surface area contributed by atoms with Crippen molar-refractivity contribution in [3.8, 4) is 5.75 Å². The van der Waals surface area contributed by atoms with Gasteiger partial charge in [-0.25, -0.2) is 4.79 Å². The fourth-order valence-corrected chi connectivity index (χ4v) is 2.31. The van der Waals surface area contributed by atoms with E-state index in [1.54, 1.807) is 32.2 Å². The Balaban J connectivity index is 2.42. The number of hydrogen-bond acceptors (Lipinski definition) is 4. The van der Waals surface area contributed by atoms with E-state index in [2.05, 4.69) is 6.58 Å². The van der Waals surface area contributed by atoms with Crippen molar-refractivity contribution in [3.05, 3.63) is 59.3 Å². The first kappa shape index (κ1) is 16.5. The number of carbonyl (C=O) groups excluding carboxylic acids is 2. The zero-order valence-corrected chi connectivity index (χ0v) is 13.5. The van der Waals surface area contributed by atoms with Crippen LogP contribution in [0.25, 0.3) is 6.08 Å². The van der Waals surface area contributed by atoms with Gasteiger partial charge in [0.25, 0.3) is 5.91 Å². The van der Waals surface area contributed by atoms with Crippen molar-refractivity contribution in [1.82, 2.24) is 4.90 Å². The normalized spacial score (nSPS) is 16.0. The van der Waals surface area contributed by atoms with Gasteiger partial charge in [0, 0.05) is 12.7 Å². The van der Waals surface area contributed by atoms with E-state index in [1.165, 1.54) is 12.0 Å². The highest BCUT2D eigenvalue weighted by atomic mass is 16.5. The summed E-state index contributed by atoms with van der Waals surface area (Å²) in [5.74, 6) is -0.0933. The van der Waals surface area contributed by atoms with Gasteiger partial charge in [-0.15, -0.1) is 0 Å². The lowest BCUT2D eigenvalue weighted by Crippen LogP contribution is -2.19. The molecule has 0 bridgehead atoms. The molecule has 1 aliphatic heterocycles. The first-order valence-corrected chi connectivity index (χ1v) is 7.12. The average molecular weight is 313 g/mol. The molecule has 0 fully saturated rings. The number of hydrogen-bond donors (Lipinski definition) is 0. The fourth-order valence-electron chi connectivity index (χ4n) is 2.31. The number of rotatable bonds is 5. The highest BCUT2D eigenvalue weighted by Crippen LogP contribution is 2.30. The van der Waals surface area contributed by atoms with Crippen molar-refractivity contribution in [2.45, 2.75) is 6.92 Å². The Morgan fingerprint density at radius 3 is 2.78 bits per heavy atom. The second kappa shape index (κ2) is 6.96. The smallest absolute Gasteiger partial charge is 0.340 e. The van der Waals surface area contributed by atoms with Crippen LogP contribution in [0.2, 0.25) is 0 Å². The summed E-state index contributed by atoms with van der Waals surface area (Å²) in [5, 5.41) is 0. The Hall–Kier alpha value is -2.82. The third kappa shape index (κ3) is 3.34. The average Bonchev–Trinajstić information content (AvgIpc) is 2.77. The van der Waals surface area contributed by atoms with E-state index in [0.29, 0.717) is 23.6 Å². The van der Waals surface area contributed by atoms with Crippen molar-refractivity contribution >= 4 is 18.0 Å². The van der Waals surface area contributed by atoms with Crippen LogP contribution in [-0.2, 0) is 14.3 Å². The number of carbonyl (C=O) groups is 2. The van der Waals surface area contributed by atoms with Crippen LogP contribution in [0.5, 0.6) is 5.75 Å². The zero-order chi connectivity index (χ0) is 17.0. The number of esters is 1. The summed E-state index contributed by atoms with van der Waals surface area (Å²) in [6, 6.07) is 7.27. The van der Waals surface area contributed by atoms with Crippen LogP contribution in [0.1, 0.15) is 12.5 Å². The van der Waals surface area contributed by atoms with Crippen LogP contribution in [0.3, 0.4) is 0 Å². The van der Waals surface area contributed by atoms with Gasteiger partial charge in [-0.05, 0) is 30.7 Å². The molecule has 0 spiro atoms. The number of ether oxygens (including phenoxy) is 2. The SMILES string of the molecule is C=CCOc1cccc(/C=C2\C(=O)N(C)C(C)=C2C(=O)OC)c1. The Kier molecular flexibility index (Phi) is 5.01. The van der Waals surface area contributed by atoms with E-state index in [-0.39, 0.29) is 11.5 Å². The molecule has 23 heavy (non-hydrogen) atoms. The molecule has 1 aromatic rings. The van der Waals surface area contributed by atoms with Crippen LogP contribution in [0.4, 0.5) is 0 Å². The summed E-state index contributed by atoms with van der Waals surface area (Å²) in [5.41, 5.74) is 1.95. The standard InChI is InChI=1S/C18H19NO4/c1-5-9-23-14-8-6-7-13(10-14)11-15-16(18(21)22-4)12(2)19(3)17(15)20/h5-8,10-11H,1,9H2,2-4H3/b15-11-. The Labute approximate surface area is 135 Å². The largest absolute Gasteiger partial charge is 0.490 e. The predicted octanol–water partition coefficient (Wildman–Crippen LogP) is 2.55. The first-order chi connectivity index (χ1) is 11.0. The number of allylic oxidation sites excluding steroid dienone is 1.